The first-order valence-corrected chi connectivity index (χ1v) is 4.57. The number of hydrogen-bond donors (Lipinski definition) is 1. The molecule has 1 aliphatic carbocycles. The van der Waals surface area contributed by atoms with Crippen LogP contribution in [0.15, 0.2) is 36.4 Å². The fourth-order valence-electron chi connectivity index (χ4n) is 1.90. The Labute approximate surface area is 78.7 Å². The molecule has 1 aliphatic rings. The molecule has 1 N–H and O–H groups in total. The first-order chi connectivity index (χ1) is 6.12. The molecular formula is C12H14O. The Kier molecular flexibility index (Phi) is 1.77. The molecule has 0 fully saturated rings. The number of aliphatic hydroxyl groups is 1. The van der Waals surface area contributed by atoms with Crippen LogP contribution in [0.1, 0.15) is 18.1 Å². The molecule has 2 rings (SSSR count). The van der Waals surface area contributed by atoms with E-state index in [1.165, 1.54) is 11.1 Å². The highest BCUT2D eigenvalue weighted by Gasteiger charge is 2.35. The van der Waals surface area contributed by atoms with Gasteiger partial charge in [-0.05, 0) is 23.6 Å². The molecule has 0 saturated carbocycles. The summed E-state index contributed by atoms with van der Waals surface area (Å²) in [5, 5.41) is 10.2. The summed E-state index contributed by atoms with van der Waals surface area (Å²) >= 11 is 0. The summed E-state index contributed by atoms with van der Waals surface area (Å²) < 4.78 is 0. The van der Waals surface area contributed by atoms with Crippen LogP contribution in [0.2, 0.25) is 0 Å². The van der Waals surface area contributed by atoms with E-state index in [0.717, 1.165) is 18.4 Å². The van der Waals surface area contributed by atoms with Gasteiger partial charge in [0.25, 0.3) is 0 Å². The Bertz CT molecular complexity index is 327. The Hall–Kier alpha value is -1.08. The largest absolute Gasteiger partial charge is 0.385 e. The maximum atomic E-state index is 10.2. The summed E-state index contributed by atoms with van der Waals surface area (Å²) in [6.45, 7) is 5.74. The molecule has 13 heavy (non-hydrogen) atoms. The summed E-state index contributed by atoms with van der Waals surface area (Å²) in [7, 11) is 0. The molecule has 0 aliphatic heterocycles. The first kappa shape index (κ1) is 8.52. The van der Waals surface area contributed by atoms with E-state index in [2.05, 4.69) is 18.7 Å². The van der Waals surface area contributed by atoms with Crippen LogP contribution in [0.4, 0.5) is 0 Å². The van der Waals surface area contributed by atoms with Crippen molar-refractivity contribution in [2.75, 3.05) is 0 Å². The normalized spacial score (nSPS) is 18.3. The highest BCUT2D eigenvalue weighted by Crippen LogP contribution is 2.33. The zero-order chi connectivity index (χ0) is 9.47. The molecule has 0 atom stereocenters. The van der Waals surface area contributed by atoms with Gasteiger partial charge >= 0.3 is 0 Å². The van der Waals surface area contributed by atoms with Crippen molar-refractivity contribution in [3.05, 3.63) is 47.5 Å². The molecule has 0 heterocycles. The third-order valence-corrected chi connectivity index (χ3v) is 2.88. The van der Waals surface area contributed by atoms with E-state index in [9.17, 15) is 5.11 Å². The molecule has 1 aromatic rings. The predicted octanol–water partition coefficient (Wildman–Crippen LogP) is 2.09. The van der Waals surface area contributed by atoms with Gasteiger partial charge in [0.15, 0.2) is 0 Å². The fraction of sp³-hybridized carbons (Fsp3) is 0.333. The van der Waals surface area contributed by atoms with Crippen molar-refractivity contribution >= 4 is 0 Å². The van der Waals surface area contributed by atoms with E-state index < -0.39 is 5.60 Å². The maximum Gasteiger partial charge on any atom is 0.0931 e. The lowest BCUT2D eigenvalue weighted by Gasteiger charge is -2.22. The van der Waals surface area contributed by atoms with Crippen LogP contribution in [-0.2, 0) is 12.8 Å². The topological polar surface area (TPSA) is 20.2 Å². The van der Waals surface area contributed by atoms with Crippen molar-refractivity contribution in [1.29, 1.82) is 0 Å². The zero-order valence-electron chi connectivity index (χ0n) is 7.88. The molecule has 0 unspecified atom stereocenters. The summed E-state index contributed by atoms with van der Waals surface area (Å²) in [6, 6.07) is 8.19. The van der Waals surface area contributed by atoms with Gasteiger partial charge in [-0.2, -0.15) is 0 Å². The molecule has 1 nitrogen and oxygen atoms in total. The van der Waals surface area contributed by atoms with Crippen molar-refractivity contribution in [2.45, 2.75) is 25.4 Å². The van der Waals surface area contributed by atoms with Gasteiger partial charge < -0.3 is 5.11 Å². The quantitative estimate of drug-likeness (QED) is 0.646. The van der Waals surface area contributed by atoms with Crippen molar-refractivity contribution in [1.82, 2.24) is 0 Å². The van der Waals surface area contributed by atoms with Crippen molar-refractivity contribution in [2.24, 2.45) is 0 Å². The summed E-state index contributed by atoms with van der Waals surface area (Å²) in [6.07, 6.45) is 1.44. The smallest absolute Gasteiger partial charge is 0.0931 e. The Morgan fingerprint density at radius 3 is 2.15 bits per heavy atom. The SMILES string of the molecule is C=C(C)C1(O)Cc2ccccc2C1. The minimum atomic E-state index is -0.691. The summed E-state index contributed by atoms with van der Waals surface area (Å²) in [5.41, 5.74) is 2.69. The number of fused-ring (bicyclic) bond motifs is 1. The highest BCUT2D eigenvalue weighted by molar-refractivity contribution is 5.39. The summed E-state index contributed by atoms with van der Waals surface area (Å²) in [5.74, 6) is 0. The van der Waals surface area contributed by atoms with E-state index in [-0.39, 0.29) is 0 Å². The van der Waals surface area contributed by atoms with Crippen LogP contribution < -0.4 is 0 Å². The molecule has 0 aromatic heterocycles. The van der Waals surface area contributed by atoms with Gasteiger partial charge in [0.1, 0.15) is 0 Å². The second kappa shape index (κ2) is 2.71. The van der Waals surface area contributed by atoms with E-state index in [0.29, 0.717) is 0 Å². The zero-order valence-corrected chi connectivity index (χ0v) is 7.88. The predicted molar refractivity (Wildman–Crippen MR) is 53.6 cm³/mol. The molecule has 1 aromatic carbocycles. The second-order valence-corrected chi connectivity index (χ2v) is 3.93. The average molecular weight is 174 g/mol. The lowest BCUT2D eigenvalue weighted by atomic mass is 9.93. The Balaban J connectivity index is 2.37. The van der Waals surface area contributed by atoms with Gasteiger partial charge in [0, 0.05) is 12.8 Å². The van der Waals surface area contributed by atoms with E-state index in [1.807, 2.05) is 19.1 Å². The monoisotopic (exact) mass is 174 g/mol. The third-order valence-electron chi connectivity index (χ3n) is 2.88. The number of rotatable bonds is 1. The standard InChI is InChI=1S/C12H14O/c1-9(2)12(13)7-10-5-3-4-6-11(10)8-12/h3-6,13H,1,7-8H2,2H3. The van der Waals surface area contributed by atoms with Gasteiger partial charge in [-0.1, -0.05) is 30.8 Å². The van der Waals surface area contributed by atoms with Crippen LogP contribution in [0, 0.1) is 0 Å². The fourth-order valence-corrected chi connectivity index (χ4v) is 1.90. The Morgan fingerprint density at radius 2 is 1.77 bits per heavy atom. The van der Waals surface area contributed by atoms with Crippen LogP contribution in [0.3, 0.4) is 0 Å². The van der Waals surface area contributed by atoms with E-state index in [4.69, 9.17) is 0 Å². The maximum absolute atomic E-state index is 10.2. The van der Waals surface area contributed by atoms with Gasteiger partial charge in [0.2, 0.25) is 0 Å². The van der Waals surface area contributed by atoms with Crippen molar-refractivity contribution in [3.63, 3.8) is 0 Å². The van der Waals surface area contributed by atoms with Gasteiger partial charge in [-0.25, -0.2) is 0 Å². The average Bonchev–Trinajstić information content (AvgIpc) is 2.42. The molecule has 0 radical (unpaired) electrons. The highest BCUT2D eigenvalue weighted by atomic mass is 16.3. The lowest BCUT2D eigenvalue weighted by molar-refractivity contribution is 0.0906. The van der Waals surface area contributed by atoms with Crippen molar-refractivity contribution in [3.8, 4) is 0 Å². The van der Waals surface area contributed by atoms with Crippen LogP contribution in [0.25, 0.3) is 0 Å². The first-order valence-electron chi connectivity index (χ1n) is 4.57. The Morgan fingerprint density at radius 1 is 1.31 bits per heavy atom. The molecule has 0 amide bonds. The number of benzene rings is 1. The molecule has 0 saturated heterocycles. The van der Waals surface area contributed by atoms with Crippen LogP contribution in [0.5, 0.6) is 0 Å². The number of hydrogen-bond acceptors (Lipinski definition) is 1. The molecule has 1 heteroatoms. The van der Waals surface area contributed by atoms with Gasteiger partial charge in [-0.3, -0.25) is 0 Å². The van der Waals surface area contributed by atoms with Crippen LogP contribution in [-0.4, -0.2) is 10.7 Å². The molecular weight excluding hydrogens is 160 g/mol. The third kappa shape index (κ3) is 1.29. The minimum absolute atomic E-state index is 0.691. The molecule has 0 bridgehead atoms. The van der Waals surface area contributed by atoms with E-state index >= 15 is 0 Å². The lowest BCUT2D eigenvalue weighted by Crippen LogP contribution is -2.30. The minimum Gasteiger partial charge on any atom is -0.385 e. The molecule has 68 valence electrons. The van der Waals surface area contributed by atoms with Gasteiger partial charge in [-0.15, -0.1) is 0 Å². The molecule has 0 spiro atoms. The van der Waals surface area contributed by atoms with Gasteiger partial charge in [0.05, 0.1) is 5.60 Å². The van der Waals surface area contributed by atoms with Crippen molar-refractivity contribution < 1.29 is 5.11 Å². The summed E-state index contributed by atoms with van der Waals surface area (Å²) in [4.78, 5) is 0. The second-order valence-electron chi connectivity index (χ2n) is 3.93. The van der Waals surface area contributed by atoms with Crippen LogP contribution >= 0.6 is 0 Å². The van der Waals surface area contributed by atoms with E-state index in [1.54, 1.807) is 0 Å².